The number of nitrogens with zero attached hydrogens (tertiary/aromatic N) is 1. The second-order valence-electron chi connectivity index (χ2n) is 4.41. The van der Waals surface area contributed by atoms with Crippen molar-refractivity contribution in [2.75, 3.05) is 6.54 Å². The molecule has 0 amide bonds. The maximum Gasteiger partial charge on any atom is 0.0524 e. The van der Waals surface area contributed by atoms with Crippen LogP contribution >= 0.6 is 0 Å². The van der Waals surface area contributed by atoms with Crippen LogP contribution in [-0.4, -0.2) is 11.5 Å². The molecule has 0 aliphatic rings. The molecule has 2 heteroatoms. The van der Waals surface area contributed by atoms with E-state index in [1.54, 1.807) is 0 Å². The summed E-state index contributed by atoms with van der Waals surface area (Å²) in [6, 6.07) is 4.50. The number of nitrogens with one attached hydrogen (secondary N) is 1. The van der Waals surface area contributed by atoms with Gasteiger partial charge in [0.25, 0.3) is 0 Å². The highest BCUT2D eigenvalue weighted by atomic mass is 14.9. The fourth-order valence-electron chi connectivity index (χ4n) is 1.57. The Balaban J connectivity index is 2.83. The topological polar surface area (TPSA) is 24.9 Å². The van der Waals surface area contributed by atoms with Gasteiger partial charge in [0.1, 0.15) is 0 Å². The van der Waals surface area contributed by atoms with Crippen molar-refractivity contribution in [2.24, 2.45) is 0 Å². The molecule has 88 valence electrons. The van der Waals surface area contributed by atoms with Gasteiger partial charge in [0.15, 0.2) is 0 Å². The van der Waals surface area contributed by atoms with Gasteiger partial charge in [0.2, 0.25) is 0 Å². The van der Waals surface area contributed by atoms with Gasteiger partial charge in [-0.05, 0) is 45.4 Å². The summed E-state index contributed by atoms with van der Waals surface area (Å²) in [4.78, 5) is 4.35. The van der Waals surface area contributed by atoms with Crippen molar-refractivity contribution in [3.63, 3.8) is 0 Å². The highest BCUT2D eigenvalue weighted by molar-refractivity contribution is 5.22. The molecule has 0 bridgehead atoms. The quantitative estimate of drug-likeness (QED) is 0.766. The van der Waals surface area contributed by atoms with Crippen LogP contribution in [0.5, 0.6) is 0 Å². The molecule has 0 saturated carbocycles. The zero-order valence-corrected chi connectivity index (χ0v) is 10.7. The SMILES string of the molecule is CCCNC(C=C(C)C)c1ccc(C)nc1. The van der Waals surface area contributed by atoms with E-state index in [0.29, 0.717) is 0 Å². The number of hydrogen-bond donors (Lipinski definition) is 1. The fraction of sp³-hybridized carbons (Fsp3) is 0.500. The van der Waals surface area contributed by atoms with Crippen LogP contribution in [0.25, 0.3) is 0 Å². The van der Waals surface area contributed by atoms with E-state index in [-0.39, 0.29) is 6.04 Å². The minimum atomic E-state index is 0.290. The molecule has 0 radical (unpaired) electrons. The molecule has 16 heavy (non-hydrogen) atoms. The molecule has 0 aromatic carbocycles. The lowest BCUT2D eigenvalue weighted by Crippen LogP contribution is -2.20. The van der Waals surface area contributed by atoms with Crippen LogP contribution in [0.4, 0.5) is 0 Å². The van der Waals surface area contributed by atoms with Gasteiger partial charge in [-0.2, -0.15) is 0 Å². The number of allylic oxidation sites excluding steroid dienone is 1. The van der Waals surface area contributed by atoms with Crippen LogP contribution in [-0.2, 0) is 0 Å². The summed E-state index contributed by atoms with van der Waals surface area (Å²) < 4.78 is 0. The summed E-state index contributed by atoms with van der Waals surface area (Å²) in [7, 11) is 0. The average molecular weight is 218 g/mol. The summed E-state index contributed by atoms with van der Waals surface area (Å²) in [5, 5.41) is 3.52. The Labute approximate surface area is 98.8 Å². The number of aromatic nitrogens is 1. The van der Waals surface area contributed by atoms with Crippen molar-refractivity contribution in [1.82, 2.24) is 10.3 Å². The van der Waals surface area contributed by atoms with Gasteiger partial charge in [0, 0.05) is 11.9 Å². The van der Waals surface area contributed by atoms with Crippen LogP contribution in [0.15, 0.2) is 30.0 Å². The first-order chi connectivity index (χ1) is 7.63. The first kappa shape index (κ1) is 12.9. The molecular formula is C14H22N2. The summed E-state index contributed by atoms with van der Waals surface area (Å²) >= 11 is 0. The van der Waals surface area contributed by atoms with Gasteiger partial charge in [-0.1, -0.05) is 24.6 Å². The number of rotatable bonds is 5. The third-order valence-electron chi connectivity index (χ3n) is 2.41. The van der Waals surface area contributed by atoms with Crippen LogP contribution < -0.4 is 5.32 Å². The summed E-state index contributed by atoms with van der Waals surface area (Å²) in [5.74, 6) is 0. The molecule has 1 atom stereocenters. The van der Waals surface area contributed by atoms with Crippen molar-refractivity contribution < 1.29 is 0 Å². The van der Waals surface area contributed by atoms with Gasteiger partial charge in [-0.25, -0.2) is 0 Å². The lowest BCUT2D eigenvalue weighted by atomic mass is 10.1. The number of hydrogen-bond acceptors (Lipinski definition) is 2. The number of aryl methyl sites for hydroxylation is 1. The molecule has 0 aliphatic heterocycles. The Morgan fingerprint density at radius 2 is 2.19 bits per heavy atom. The lowest BCUT2D eigenvalue weighted by molar-refractivity contribution is 0.608. The summed E-state index contributed by atoms with van der Waals surface area (Å²) in [6.07, 6.45) is 5.36. The standard InChI is InChI=1S/C14H22N2/c1-5-8-15-14(9-11(2)3)13-7-6-12(4)16-10-13/h6-7,9-10,14-15H,5,8H2,1-4H3. The Hall–Kier alpha value is -1.15. The Bertz CT molecular complexity index is 334. The van der Waals surface area contributed by atoms with E-state index in [1.807, 2.05) is 13.1 Å². The largest absolute Gasteiger partial charge is 0.307 e. The fourth-order valence-corrected chi connectivity index (χ4v) is 1.57. The monoisotopic (exact) mass is 218 g/mol. The highest BCUT2D eigenvalue weighted by Gasteiger charge is 2.07. The minimum Gasteiger partial charge on any atom is -0.307 e. The molecule has 1 rings (SSSR count). The first-order valence-corrected chi connectivity index (χ1v) is 5.94. The van der Waals surface area contributed by atoms with Crippen LogP contribution in [0, 0.1) is 6.92 Å². The summed E-state index contributed by atoms with van der Waals surface area (Å²) in [5.41, 5.74) is 3.63. The maximum absolute atomic E-state index is 4.35. The van der Waals surface area contributed by atoms with Crippen LogP contribution in [0.2, 0.25) is 0 Å². The summed E-state index contributed by atoms with van der Waals surface area (Å²) in [6.45, 7) is 9.48. The van der Waals surface area contributed by atoms with Gasteiger partial charge in [-0.15, -0.1) is 0 Å². The molecule has 0 fully saturated rings. The Morgan fingerprint density at radius 3 is 2.69 bits per heavy atom. The second-order valence-corrected chi connectivity index (χ2v) is 4.41. The van der Waals surface area contributed by atoms with Crippen molar-refractivity contribution in [2.45, 2.75) is 40.2 Å². The van der Waals surface area contributed by atoms with E-state index >= 15 is 0 Å². The van der Waals surface area contributed by atoms with Crippen LogP contribution in [0.1, 0.15) is 44.5 Å². The van der Waals surface area contributed by atoms with Crippen LogP contribution in [0.3, 0.4) is 0 Å². The lowest BCUT2D eigenvalue weighted by Gasteiger charge is -2.15. The third-order valence-corrected chi connectivity index (χ3v) is 2.41. The van der Waals surface area contributed by atoms with E-state index in [1.165, 1.54) is 11.1 Å². The van der Waals surface area contributed by atoms with E-state index in [9.17, 15) is 0 Å². The molecule has 1 unspecified atom stereocenters. The van der Waals surface area contributed by atoms with E-state index in [4.69, 9.17) is 0 Å². The van der Waals surface area contributed by atoms with E-state index in [2.05, 4.69) is 49.3 Å². The Kier molecular flexibility index (Phi) is 5.20. The molecule has 0 aliphatic carbocycles. The molecule has 1 aromatic heterocycles. The molecule has 1 N–H and O–H groups in total. The van der Waals surface area contributed by atoms with Crippen molar-refractivity contribution in [1.29, 1.82) is 0 Å². The smallest absolute Gasteiger partial charge is 0.0524 e. The zero-order chi connectivity index (χ0) is 12.0. The molecule has 0 spiro atoms. The minimum absolute atomic E-state index is 0.290. The second kappa shape index (κ2) is 6.44. The van der Waals surface area contributed by atoms with Crippen molar-refractivity contribution >= 4 is 0 Å². The van der Waals surface area contributed by atoms with E-state index < -0.39 is 0 Å². The highest BCUT2D eigenvalue weighted by Crippen LogP contribution is 2.15. The maximum atomic E-state index is 4.35. The van der Waals surface area contributed by atoms with Gasteiger partial charge in [0.05, 0.1) is 6.04 Å². The molecule has 1 heterocycles. The van der Waals surface area contributed by atoms with Gasteiger partial charge >= 0.3 is 0 Å². The van der Waals surface area contributed by atoms with E-state index in [0.717, 1.165) is 18.7 Å². The Morgan fingerprint density at radius 1 is 1.44 bits per heavy atom. The predicted octanol–water partition coefficient (Wildman–Crippen LogP) is 3.40. The normalized spacial score (nSPS) is 12.2. The van der Waals surface area contributed by atoms with Gasteiger partial charge in [-0.3, -0.25) is 4.98 Å². The third kappa shape index (κ3) is 4.15. The number of pyridine rings is 1. The molecular weight excluding hydrogens is 196 g/mol. The first-order valence-electron chi connectivity index (χ1n) is 5.94. The predicted molar refractivity (Wildman–Crippen MR) is 69.4 cm³/mol. The molecule has 1 aromatic rings. The zero-order valence-electron chi connectivity index (χ0n) is 10.7. The van der Waals surface area contributed by atoms with Crippen molar-refractivity contribution in [3.05, 3.63) is 41.2 Å². The average Bonchev–Trinajstić information content (AvgIpc) is 2.25. The van der Waals surface area contributed by atoms with Gasteiger partial charge < -0.3 is 5.32 Å². The van der Waals surface area contributed by atoms with Crippen molar-refractivity contribution in [3.8, 4) is 0 Å². The molecule has 2 nitrogen and oxygen atoms in total. The molecule has 0 saturated heterocycles.